The second-order valence-electron chi connectivity index (χ2n) is 7.37. The number of hydrogen-bond donors (Lipinski definition) is 2. The number of fused-ring (bicyclic) bond motifs is 2. The molecule has 4 rings (SSSR count). The van der Waals surface area contributed by atoms with E-state index in [0.29, 0.717) is 23.0 Å². The van der Waals surface area contributed by atoms with Crippen LogP contribution in [0.1, 0.15) is 28.8 Å². The molecule has 3 unspecified atom stereocenters. The van der Waals surface area contributed by atoms with Crippen molar-refractivity contribution < 1.29 is 9.59 Å². The molecule has 1 saturated heterocycles. The zero-order valence-corrected chi connectivity index (χ0v) is 15.9. The van der Waals surface area contributed by atoms with E-state index in [1.54, 1.807) is 6.07 Å². The highest BCUT2D eigenvalue weighted by Crippen LogP contribution is 2.38. The largest absolute Gasteiger partial charge is 0.349 e. The molecule has 27 heavy (non-hydrogen) atoms. The number of anilines is 1. The summed E-state index contributed by atoms with van der Waals surface area (Å²) < 4.78 is 0. The maximum Gasteiger partial charge on any atom is 0.322 e. The smallest absolute Gasteiger partial charge is 0.322 e. The molecule has 2 aromatic carbocycles. The van der Waals surface area contributed by atoms with Crippen LogP contribution in [-0.2, 0) is 0 Å². The summed E-state index contributed by atoms with van der Waals surface area (Å²) in [7, 11) is 0. The number of piperidine rings is 1. The maximum absolute atomic E-state index is 12.7. The third-order valence-corrected chi connectivity index (χ3v) is 5.82. The summed E-state index contributed by atoms with van der Waals surface area (Å²) in [5.74, 6) is 0.265. The number of rotatable bonds is 3. The Kier molecular flexibility index (Phi) is 4.79. The van der Waals surface area contributed by atoms with Gasteiger partial charge in [-0.2, -0.15) is 0 Å². The highest BCUT2D eigenvalue weighted by Gasteiger charge is 2.47. The number of benzene rings is 2. The van der Waals surface area contributed by atoms with E-state index in [4.69, 9.17) is 11.6 Å². The van der Waals surface area contributed by atoms with Crippen LogP contribution in [0.3, 0.4) is 0 Å². The van der Waals surface area contributed by atoms with Crippen LogP contribution < -0.4 is 10.6 Å². The molecule has 140 valence electrons. The van der Waals surface area contributed by atoms with Crippen LogP contribution in [0.4, 0.5) is 10.5 Å². The van der Waals surface area contributed by atoms with E-state index in [1.807, 2.05) is 54.3 Å². The third kappa shape index (κ3) is 3.65. The van der Waals surface area contributed by atoms with Crippen LogP contribution in [0.15, 0.2) is 48.5 Å². The molecule has 1 saturated carbocycles. The Morgan fingerprint density at radius 1 is 1.11 bits per heavy atom. The molecule has 3 atom stereocenters. The first-order valence-corrected chi connectivity index (χ1v) is 9.59. The number of carbonyl (C=O) groups excluding carboxylic acids is 2. The zero-order chi connectivity index (χ0) is 19.0. The van der Waals surface area contributed by atoms with Crippen molar-refractivity contribution in [1.29, 1.82) is 0 Å². The number of urea groups is 1. The van der Waals surface area contributed by atoms with Crippen LogP contribution in [-0.4, -0.2) is 35.5 Å². The molecule has 1 heterocycles. The molecule has 2 bridgehead atoms. The fourth-order valence-corrected chi connectivity index (χ4v) is 4.40. The molecule has 3 amide bonds. The van der Waals surface area contributed by atoms with E-state index in [0.717, 1.165) is 24.1 Å². The van der Waals surface area contributed by atoms with Crippen LogP contribution in [0, 0.1) is 12.8 Å². The van der Waals surface area contributed by atoms with Crippen LogP contribution >= 0.6 is 11.6 Å². The van der Waals surface area contributed by atoms with Crippen molar-refractivity contribution in [2.45, 2.75) is 31.8 Å². The lowest BCUT2D eigenvalue weighted by Gasteiger charge is -2.32. The highest BCUT2D eigenvalue weighted by molar-refractivity contribution is 6.30. The normalized spacial score (nSPS) is 23.3. The van der Waals surface area contributed by atoms with E-state index in [9.17, 15) is 9.59 Å². The summed E-state index contributed by atoms with van der Waals surface area (Å²) >= 11 is 5.98. The molecule has 2 aromatic rings. The Balaban J connectivity index is 1.35. The quantitative estimate of drug-likeness (QED) is 0.839. The van der Waals surface area contributed by atoms with E-state index in [1.165, 1.54) is 0 Å². The van der Waals surface area contributed by atoms with Crippen molar-refractivity contribution in [2.75, 3.05) is 11.9 Å². The Morgan fingerprint density at radius 2 is 1.89 bits per heavy atom. The molecule has 6 heteroatoms. The van der Waals surface area contributed by atoms with Crippen molar-refractivity contribution in [3.8, 4) is 0 Å². The van der Waals surface area contributed by atoms with Gasteiger partial charge in [-0.15, -0.1) is 0 Å². The minimum atomic E-state index is -0.0826. The van der Waals surface area contributed by atoms with Crippen molar-refractivity contribution >= 4 is 29.2 Å². The monoisotopic (exact) mass is 383 g/mol. The maximum atomic E-state index is 12.7. The number of carbonyl (C=O) groups is 2. The topological polar surface area (TPSA) is 61.4 Å². The SMILES string of the molecule is Cc1cc(Cl)ccc1NC(=O)N1CC2CC1CC2NC(=O)c1ccccc1. The molecule has 5 nitrogen and oxygen atoms in total. The van der Waals surface area contributed by atoms with Gasteiger partial charge in [0.2, 0.25) is 0 Å². The number of nitrogens with one attached hydrogen (secondary N) is 2. The summed E-state index contributed by atoms with van der Waals surface area (Å²) in [6.07, 6.45) is 1.74. The lowest BCUT2D eigenvalue weighted by molar-refractivity contribution is 0.0915. The molecule has 1 aliphatic carbocycles. The Morgan fingerprint density at radius 3 is 2.56 bits per heavy atom. The van der Waals surface area contributed by atoms with Crippen LogP contribution in [0.2, 0.25) is 5.02 Å². The second-order valence-corrected chi connectivity index (χ2v) is 7.81. The van der Waals surface area contributed by atoms with E-state index >= 15 is 0 Å². The predicted molar refractivity (Wildman–Crippen MR) is 106 cm³/mol. The molecule has 2 fully saturated rings. The Hall–Kier alpha value is -2.53. The number of amides is 3. The number of nitrogens with zero attached hydrogens (tertiary/aromatic N) is 1. The van der Waals surface area contributed by atoms with Crippen molar-refractivity contribution in [3.63, 3.8) is 0 Å². The fourth-order valence-electron chi connectivity index (χ4n) is 4.17. The molecular weight excluding hydrogens is 362 g/mol. The predicted octanol–water partition coefficient (Wildman–Crippen LogP) is 4.07. The minimum Gasteiger partial charge on any atom is -0.349 e. The molecule has 0 spiro atoms. The van der Waals surface area contributed by atoms with Crippen molar-refractivity contribution in [2.24, 2.45) is 5.92 Å². The number of likely N-dealkylation sites (tertiary alicyclic amines) is 1. The fraction of sp³-hybridized carbons (Fsp3) is 0.333. The van der Waals surface area contributed by atoms with Gasteiger partial charge in [-0.1, -0.05) is 29.8 Å². The average Bonchev–Trinajstić information content (AvgIpc) is 3.25. The van der Waals surface area contributed by atoms with Gasteiger partial charge in [0.05, 0.1) is 0 Å². The van der Waals surface area contributed by atoms with Crippen LogP contribution in [0.5, 0.6) is 0 Å². The van der Waals surface area contributed by atoms with Gasteiger partial charge >= 0.3 is 6.03 Å². The zero-order valence-electron chi connectivity index (χ0n) is 15.1. The number of halogens is 1. The summed E-state index contributed by atoms with van der Waals surface area (Å²) in [6.45, 7) is 2.59. The van der Waals surface area contributed by atoms with E-state index < -0.39 is 0 Å². The second kappa shape index (κ2) is 7.24. The van der Waals surface area contributed by atoms with Crippen molar-refractivity contribution in [3.05, 3.63) is 64.7 Å². The van der Waals surface area contributed by atoms with Gasteiger partial charge in [-0.3, -0.25) is 4.79 Å². The average molecular weight is 384 g/mol. The third-order valence-electron chi connectivity index (χ3n) is 5.59. The standard InChI is InChI=1S/C21H22ClN3O2/c1-13-9-16(22)7-8-18(13)24-21(27)25-12-15-10-17(25)11-19(15)23-20(26)14-5-3-2-4-6-14/h2-9,15,17,19H,10-12H2,1H3,(H,23,26)(H,24,27). The molecule has 0 aromatic heterocycles. The van der Waals surface area contributed by atoms with Gasteiger partial charge in [-0.25, -0.2) is 4.79 Å². The molecule has 2 N–H and O–H groups in total. The van der Waals surface area contributed by atoms with Crippen molar-refractivity contribution in [1.82, 2.24) is 10.2 Å². The molecule has 1 aliphatic heterocycles. The lowest BCUT2D eigenvalue weighted by atomic mass is 10.0. The first-order chi connectivity index (χ1) is 13.0. The Bertz CT molecular complexity index is 871. The van der Waals surface area contributed by atoms with E-state index in [2.05, 4.69) is 10.6 Å². The molecule has 0 radical (unpaired) electrons. The highest BCUT2D eigenvalue weighted by atomic mass is 35.5. The van der Waals surface area contributed by atoms with Gasteiger partial charge in [0.15, 0.2) is 0 Å². The van der Waals surface area contributed by atoms with E-state index in [-0.39, 0.29) is 24.0 Å². The van der Waals surface area contributed by atoms with Gasteiger partial charge in [0, 0.05) is 34.9 Å². The summed E-state index contributed by atoms with van der Waals surface area (Å²) in [6, 6.07) is 14.9. The summed E-state index contributed by atoms with van der Waals surface area (Å²) in [5, 5.41) is 6.78. The van der Waals surface area contributed by atoms with Gasteiger partial charge in [-0.05, 0) is 61.6 Å². The van der Waals surface area contributed by atoms with Crippen LogP contribution in [0.25, 0.3) is 0 Å². The summed E-state index contributed by atoms with van der Waals surface area (Å²) in [5.41, 5.74) is 2.39. The Labute approximate surface area is 163 Å². The van der Waals surface area contributed by atoms with Gasteiger partial charge in [0.1, 0.15) is 0 Å². The molecule has 2 aliphatic rings. The summed E-state index contributed by atoms with van der Waals surface area (Å²) in [4.78, 5) is 27.0. The number of hydrogen-bond acceptors (Lipinski definition) is 2. The lowest BCUT2D eigenvalue weighted by Crippen LogP contribution is -2.48. The first kappa shape index (κ1) is 17.9. The minimum absolute atomic E-state index is 0.0408. The molecular formula is C21H22ClN3O2. The van der Waals surface area contributed by atoms with Gasteiger partial charge in [0.25, 0.3) is 5.91 Å². The first-order valence-electron chi connectivity index (χ1n) is 9.21. The number of aryl methyl sites for hydroxylation is 1. The van der Waals surface area contributed by atoms with Gasteiger partial charge < -0.3 is 15.5 Å².